The molecule has 129 heavy (non-hydrogen) atoms. The molecule has 1 aliphatic carbocycles. The number of piperidine rings is 1. The Morgan fingerprint density at radius 2 is 1.46 bits per heavy atom. The number of oxazole rings is 1. The number of allylic oxidation sites excluding steroid dienone is 6. The summed E-state index contributed by atoms with van der Waals surface area (Å²) in [4.78, 5) is 135. The summed E-state index contributed by atoms with van der Waals surface area (Å²) in [6.07, 6.45) is 23.5. The van der Waals surface area contributed by atoms with Crippen molar-refractivity contribution in [1.29, 1.82) is 0 Å². The average molecular weight is 1790 g/mol. The van der Waals surface area contributed by atoms with Crippen molar-refractivity contribution < 1.29 is 86.1 Å². The molecule has 4 fully saturated rings. The van der Waals surface area contributed by atoms with Gasteiger partial charge in [0.2, 0.25) is 23.6 Å². The number of fused-ring (bicyclic) bond motifs is 5. The maximum Gasteiger partial charge on any atom is 0.329 e. The van der Waals surface area contributed by atoms with Crippen LogP contribution in [0.2, 0.25) is 0 Å². The van der Waals surface area contributed by atoms with E-state index in [2.05, 4.69) is 50.8 Å². The fourth-order valence-electron chi connectivity index (χ4n) is 17.7. The molecule has 12 rings (SSSR count). The van der Waals surface area contributed by atoms with Crippen LogP contribution >= 0.6 is 0 Å². The summed E-state index contributed by atoms with van der Waals surface area (Å²) in [5, 5.41) is 44.3. The number of carbonyl (C=O) groups excluding carboxylic acids is 7. The van der Waals surface area contributed by atoms with Gasteiger partial charge >= 0.3 is 5.97 Å². The largest absolute Gasteiger partial charge is 0.460 e. The molecule has 5 aliphatic rings. The maximum atomic E-state index is 14.9. The van der Waals surface area contributed by atoms with Gasteiger partial charge in [0.25, 0.3) is 23.6 Å². The number of ether oxygens (including phenoxy) is 8. The zero-order valence-corrected chi connectivity index (χ0v) is 75.7. The van der Waals surface area contributed by atoms with Gasteiger partial charge in [-0.05, 0) is 144 Å². The van der Waals surface area contributed by atoms with Gasteiger partial charge < -0.3 is 89.3 Å². The van der Waals surface area contributed by atoms with E-state index in [0.717, 1.165) is 30.4 Å². The number of ketones is 3. The van der Waals surface area contributed by atoms with E-state index < -0.39 is 83.7 Å². The summed E-state index contributed by atoms with van der Waals surface area (Å²) in [7, 11) is 4.61. The van der Waals surface area contributed by atoms with Crippen LogP contribution in [0.3, 0.4) is 0 Å². The molecule has 37 nitrogen and oxygen atoms in total. The molecule has 7 aromatic rings. The minimum atomic E-state index is -2.48. The Kier molecular flexibility index (Phi) is 35.2. The molecular formula is C92H127N19O18. The van der Waals surface area contributed by atoms with Crippen LogP contribution < -0.4 is 31.9 Å². The molecular weight excluding hydrogens is 1660 g/mol. The van der Waals surface area contributed by atoms with Crippen LogP contribution in [0.1, 0.15) is 168 Å². The number of nitrogen functional groups attached to an aromatic ring is 2. The number of aliphatic hydroxyl groups is 2. The first-order valence-corrected chi connectivity index (χ1v) is 45.2. The highest BCUT2D eigenvalue weighted by molar-refractivity contribution is 6.39. The SMILES string of the molecule is CO[C@H]1C[C@@H]2CC[C@@H](C)[C@@](O)(O2)C(=O)C(=O)N2CCCC[C@H]2C(=O)O[C@H]([C@H](C)C[C@@H]2CC[C@H](n3cc(-c4cnc(N5CCN(c6ncc(C(=O)NCCOCCOCCOCCCC(=O)NCCCCn7nc(-c8ccc9oc(N)nc9c8)c8c(N)ncnc87)cn6)CC5)nc4)nn3)[C@H](OC)C2)CC(=O)[C@H](C)/C=C(\C)[C@@H](O)[C@@H](OC)C(=O)[C@H](C)C[C@H](C)/C=C/C=C/C=C/1C. The molecule has 1 aromatic carbocycles. The van der Waals surface area contributed by atoms with Crippen molar-refractivity contribution in [3.63, 3.8) is 0 Å². The number of cyclic esters (lactones) is 1. The number of nitrogens with one attached hydrogen (secondary N) is 2. The summed E-state index contributed by atoms with van der Waals surface area (Å²) in [6, 6.07) is 4.17. The third-order valence-corrected chi connectivity index (χ3v) is 25.3. The number of carbonyl (C=O) groups is 7. The van der Waals surface area contributed by atoms with Crippen LogP contribution in [0.5, 0.6) is 0 Å². The number of aryl methyl sites for hydroxylation is 1. The van der Waals surface area contributed by atoms with E-state index in [4.69, 9.17) is 68.8 Å². The molecule has 37 heteroatoms. The van der Waals surface area contributed by atoms with E-state index >= 15 is 0 Å². The Balaban J connectivity index is 0.557. The predicted octanol–water partition coefficient (Wildman–Crippen LogP) is 8.49. The van der Waals surface area contributed by atoms with E-state index in [1.807, 2.05) is 86.0 Å². The summed E-state index contributed by atoms with van der Waals surface area (Å²) >= 11 is 0. The quantitative estimate of drug-likeness (QED) is 0.0106. The molecule has 698 valence electrons. The minimum absolute atomic E-state index is 0.0175. The smallest absolute Gasteiger partial charge is 0.329 e. The number of esters is 1. The molecule has 6 aromatic heterocycles. The molecule has 8 N–H and O–H groups in total. The number of nitrogens with zero attached hydrogens (tertiary/aromatic N) is 15. The van der Waals surface area contributed by atoms with E-state index in [1.165, 1.54) is 30.7 Å². The van der Waals surface area contributed by atoms with Gasteiger partial charge in [0.05, 0.1) is 74.5 Å². The Hall–Kier alpha value is -10.8. The van der Waals surface area contributed by atoms with E-state index in [9.17, 15) is 43.8 Å². The lowest BCUT2D eigenvalue weighted by Crippen LogP contribution is -2.61. The number of hydrogen-bond donors (Lipinski definition) is 6. The van der Waals surface area contributed by atoms with Gasteiger partial charge in [0, 0.05) is 153 Å². The maximum absolute atomic E-state index is 14.9. The lowest BCUT2D eigenvalue weighted by molar-refractivity contribution is -0.265. The van der Waals surface area contributed by atoms with Crippen molar-refractivity contribution in [1.82, 2.24) is 75.2 Å². The summed E-state index contributed by atoms with van der Waals surface area (Å²) in [5.41, 5.74) is 18.0. The average Bonchev–Trinajstić information content (AvgIpc) is 1.66. The monoisotopic (exact) mass is 1790 g/mol. The van der Waals surface area contributed by atoms with Gasteiger partial charge in [-0.2, -0.15) is 10.1 Å². The predicted molar refractivity (Wildman–Crippen MR) is 479 cm³/mol. The Morgan fingerprint density at radius 1 is 0.736 bits per heavy atom. The number of unbranched alkanes of at least 4 members (excludes halogenated alkanes) is 1. The number of methoxy groups -OCH3 is 3. The number of hydrogen-bond acceptors (Lipinski definition) is 32. The fourth-order valence-corrected chi connectivity index (χ4v) is 17.7. The topological polar surface area (TPSA) is 472 Å². The van der Waals surface area contributed by atoms with Crippen molar-refractivity contribution >= 4 is 86.9 Å². The molecule has 0 spiro atoms. The number of Topliss-reactive ketones (excluding diaryl/α,β-unsaturated/α-hetero) is 3. The first-order chi connectivity index (χ1) is 62.2. The normalized spacial score (nSPS) is 26.9. The zero-order chi connectivity index (χ0) is 91.8. The van der Waals surface area contributed by atoms with Crippen molar-refractivity contribution in [2.75, 3.05) is 128 Å². The second-order valence-electron chi connectivity index (χ2n) is 34.7. The second kappa shape index (κ2) is 46.7. The number of nitrogens with two attached hydrogens (primary N) is 2. The second-order valence-corrected chi connectivity index (χ2v) is 34.7. The number of benzene rings is 1. The minimum Gasteiger partial charge on any atom is -0.460 e. The number of amides is 3. The van der Waals surface area contributed by atoms with Crippen molar-refractivity contribution in [2.24, 2.45) is 35.5 Å². The van der Waals surface area contributed by atoms with Gasteiger partial charge in [-0.1, -0.05) is 76.3 Å². The molecule has 4 aliphatic heterocycles. The lowest BCUT2D eigenvalue weighted by atomic mass is 9.77. The van der Waals surface area contributed by atoms with Gasteiger partial charge in [-0.15, -0.1) is 5.10 Å². The van der Waals surface area contributed by atoms with Crippen molar-refractivity contribution in [3.8, 4) is 22.5 Å². The van der Waals surface area contributed by atoms with Gasteiger partial charge in [-0.25, -0.2) is 44.1 Å². The van der Waals surface area contributed by atoms with E-state index in [-0.39, 0.29) is 92.3 Å². The molecule has 0 unspecified atom stereocenters. The summed E-state index contributed by atoms with van der Waals surface area (Å²) in [5.74, 6) is -7.49. The van der Waals surface area contributed by atoms with E-state index in [0.29, 0.717) is 204 Å². The highest BCUT2D eigenvalue weighted by Gasteiger charge is 2.53. The highest BCUT2D eigenvalue weighted by atomic mass is 16.6. The number of anilines is 4. The van der Waals surface area contributed by atoms with Crippen LogP contribution in [0.25, 0.3) is 44.6 Å². The number of aliphatic hydroxyl groups excluding tert-OH is 1. The van der Waals surface area contributed by atoms with Gasteiger partial charge in [-0.3, -0.25) is 28.8 Å². The molecule has 15 atom stereocenters. The highest BCUT2D eigenvalue weighted by Crippen LogP contribution is 2.41. The fraction of sp³-hybridized carbons (Fsp3) is 0.598. The summed E-state index contributed by atoms with van der Waals surface area (Å²) in [6.45, 7) is 18.5. The molecule has 3 amide bonds. The first-order valence-electron chi connectivity index (χ1n) is 45.2. The van der Waals surface area contributed by atoms with Gasteiger partial charge in [0.1, 0.15) is 59.2 Å². The number of aromatic nitrogens is 12. The molecule has 1 saturated carbocycles. The van der Waals surface area contributed by atoms with Crippen LogP contribution in [0.4, 0.5) is 23.7 Å². The van der Waals surface area contributed by atoms with Crippen molar-refractivity contribution in [3.05, 3.63) is 109 Å². The van der Waals surface area contributed by atoms with Crippen LogP contribution in [0.15, 0.2) is 108 Å². The van der Waals surface area contributed by atoms with E-state index in [1.54, 1.807) is 64.2 Å². The zero-order valence-electron chi connectivity index (χ0n) is 75.7. The first kappa shape index (κ1) is 97.3. The summed E-state index contributed by atoms with van der Waals surface area (Å²) < 4.78 is 56.5. The molecule has 3 saturated heterocycles. The van der Waals surface area contributed by atoms with Gasteiger partial charge in [0.15, 0.2) is 17.0 Å². The Labute approximate surface area is 751 Å². The van der Waals surface area contributed by atoms with Crippen LogP contribution in [-0.4, -0.2) is 271 Å². The number of piperazine rings is 1. The third kappa shape index (κ3) is 25.5. The standard InChI is InChI=1S/C92H127N19O18/c1-56-19-12-11-13-20-57(2)74(121-8)48-67-26-23-62(7)92(120,129-67)83(116)87(118)109-31-16-14-21-71(109)88(119)127-75(49-72(112)58(3)44-61(6)81(115)82(123-10)80(114)60(5)43-56)59(4)45-63-24-27-70(76(46-63)122-9)111-54-69(104-106-111)65-50-97-90(98-51-65)107-33-35-108(36-34-107)91-99-52-66(53-100-91)86(117)96-30-38-125-40-42-126-41-39-124-37-18-22-77(113)95-29-15-17-32-110-85-78(84(93)101-55-102-85)79(105-110)64-25-28-73-68(47-64)103-89(94)128-73/h11-13,19-20,25,28,44,47,50-56,58-60,62-63,67,70-71,74-76,81-82,115,120H,14-18,21-24,26-27,29-43,45-46,48-49H2,1-10H3,(H2,94,103)(H,95,113)(H,96,117)(H2,93,101,102)/b13-11+,19-12+,57-20+,61-44+/t56-,58-,59-,60-,62-,63+,67+,70+,71+,74+,75+,76-,81-,82+,92-/m1/s1. The molecule has 2 bridgehead atoms. The lowest BCUT2D eigenvalue weighted by Gasteiger charge is -2.42. The number of rotatable bonds is 30. The van der Waals surface area contributed by atoms with Crippen molar-refractivity contribution in [2.45, 2.75) is 212 Å². The molecule has 10 heterocycles. The van der Waals surface area contributed by atoms with Crippen LogP contribution in [0, 0.1) is 35.5 Å². The Morgan fingerprint density at radius 3 is 2.18 bits per heavy atom. The van der Waals surface area contributed by atoms with Crippen LogP contribution in [-0.2, 0) is 73.2 Å². The molecule has 0 radical (unpaired) electrons. The third-order valence-electron chi connectivity index (χ3n) is 25.3. The Bertz CT molecular complexity index is 5050.